The Kier molecular flexibility index (Phi) is 4.83. The Bertz CT molecular complexity index is 1270. The number of carbonyl (C=O) groups is 1. The van der Waals surface area contributed by atoms with Gasteiger partial charge in [0.1, 0.15) is 18.1 Å². The van der Waals surface area contributed by atoms with Crippen molar-refractivity contribution < 1.29 is 18.7 Å². The number of aliphatic hydroxyl groups is 1. The summed E-state index contributed by atoms with van der Waals surface area (Å²) in [5.41, 5.74) is 1.54. The molecule has 2 aliphatic rings. The number of piperidine rings is 1. The Labute approximate surface area is 181 Å². The van der Waals surface area contributed by atoms with Crippen molar-refractivity contribution in [3.8, 4) is 23.0 Å². The fourth-order valence-electron chi connectivity index (χ4n) is 4.13. The lowest BCUT2D eigenvalue weighted by Gasteiger charge is -2.32. The summed E-state index contributed by atoms with van der Waals surface area (Å²) in [7, 11) is 0. The number of rotatable bonds is 3. The highest BCUT2D eigenvalue weighted by molar-refractivity contribution is 6.01. The minimum Gasteiger partial charge on any atom is -0.388 e. The van der Waals surface area contributed by atoms with Crippen LogP contribution in [0.5, 0.6) is 0 Å². The highest BCUT2D eigenvalue weighted by Gasteiger charge is 2.30. The molecule has 1 amide bonds. The van der Waals surface area contributed by atoms with Gasteiger partial charge in [0.25, 0.3) is 5.91 Å². The summed E-state index contributed by atoms with van der Waals surface area (Å²) in [6, 6.07) is 9.41. The molecule has 32 heavy (non-hydrogen) atoms. The molecule has 0 spiro atoms. The molecule has 1 saturated heterocycles. The Morgan fingerprint density at radius 2 is 2.12 bits per heavy atom. The van der Waals surface area contributed by atoms with Crippen LogP contribution in [-0.2, 0) is 6.54 Å². The molecular weight excluding hydrogens is 418 g/mol. The number of benzene rings is 1. The van der Waals surface area contributed by atoms with E-state index in [1.165, 1.54) is 28.9 Å². The van der Waals surface area contributed by atoms with Crippen LogP contribution >= 0.6 is 0 Å². The number of halogens is 2. The van der Waals surface area contributed by atoms with Gasteiger partial charge in [-0.1, -0.05) is 6.07 Å². The van der Waals surface area contributed by atoms with Crippen molar-refractivity contribution >= 4 is 11.7 Å². The predicted molar refractivity (Wildman–Crippen MR) is 110 cm³/mol. The molecule has 2 atom stereocenters. The maximum Gasteiger partial charge on any atom is 0.255 e. The van der Waals surface area contributed by atoms with E-state index in [-0.39, 0.29) is 42.2 Å². The minimum absolute atomic E-state index is 0.0546. The molecule has 0 unspecified atom stereocenters. The summed E-state index contributed by atoms with van der Waals surface area (Å²) < 4.78 is 29.7. The van der Waals surface area contributed by atoms with Crippen LogP contribution in [-0.4, -0.2) is 51.1 Å². The van der Waals surface area contributed by atoms with E-state index in [2.05, 4.69) is 15.4 Å². The molecule has 2 aromatic heterocycles. The van der Waals surface area contributed by atoms with Gasteiger partial charge >= 0.3 is 0 Å². The molecule has 0 bridgehead atoms. The molecule has 1 fully saturated rings. The number of aliphatic hydroxyl groups excluding tert-OH is 1. The van der Waals surface area contributed by atoms with Gasteiger partial charge in [0.15, 0.2) is 5.82 Å². The first-order valence-corrected chi connectivity index (χ1v) is 10.1. The largest absolute Gasteiger partial charge is 0.388 e. The molecule has 5 rings (SSSR count). The fourth-order valence-corrected chi connectivity index (χ4v) is 4.13. The van der Waals surface area contributed by atoms with Gasteiger partial charge in [0.2, 0.25) is 0 Å². The molecule has 2 aliphatic heterocycles. The van der Waals surface area contributed by atoms with Crippen LogP contribution in [0.4, 0.5) is 14.6 Å². The van der Waals surface area contributed by atoms with Crippen molar-refractivity contribution in [3.63, 3.8) is 0 Å². The second-order valence-corrected chi connectivity index (χ2v) is 7.74. The lowest BCUT2D eigenvalue weighted by Crippen LogP contribution is -2.45. The fraction of sp³-hybridized carbons (Fsp3) is 0.273. The van der Waals surface area contributed by atoms with E-state index in [0.717, 1.165) is 0 Å². The van der Waals surface area contributed by atoms with Crippen LogP contribution in [0.15, 0.2) is 36.5 Å². The number of β-amino-alcohol motifs (C(OH)–C–C–N with tert-alkyl or cyclic N) is 1. The zero-order valence-electron chi connectivity index (χ0n) is 16.8. The summed E-state index contributed by atoms with van der Waals surface area (Å²) in [6.07, 6.45) is -0.531. The third-order valence-corrected chi connectivity index (χ3v) is 5.75. The van der Waals surface area contributed by atoms with Crippen LogP contribution in [0.25, 0.3) is 16.9 Å². The molecule has 3 aromatic rings. The average Bonchev–Trinajstić information content (AvgIpc) is 3.42. The number of nitriles is 1. The van der Waals surface area contributed by atoms with Crippen molar-refractivity contribution in [1.29, 1.82) is 5.26 Å². The van der Waals surface area contributed by atoms with E-state index < -0.39 is 18.1 Å². The summed E-state index contributed by atoms with van der Waals surface area (Å²) in [5.74, 6) is -0.400. The Morgan fingerprint density at radius 1 is 1.28 bits per heavy atom. The number of hydrogen-bond donors (Lipinski definition) is 2. The maximum absolute atomic E-state index is 14.6. The van der Waals surface area contributed by atoms with Gasteiger partial charge in [0.05, 0.1) is 46.4 Å². The van der Waals surface area contributed by atoms with Gasteiger partial charge in [-0.05, 0) is 24.6 Å². The minimum atomic E-state index is -1.27. The van der Waals surface area contributed by atoms with Crippen molar-refractivity contribution in [2.45, 2.75) is 25.2 Å². The van der Waals surface area contributed by atoms with E-state index in [1.54, 1.807) is 17.2 Å². The third-order valence-electron chi connectivity index (χ3n) is 5.75. The first-order valence-electron chi connectivity index (χ1n) is 10.1. The van der Waals surface area contributed by atoms with Crippen molar-refractivity contribution in [1.82, 2.24) is 20.1 Å². The highest BCUT2D eigenvalue weighted by Crippen LogP contribution is 2.32. The van der Waals surface area contributed by atoms with Crippen molar-refractivity contribution in [2.24, 2.45) is 0 Å². The Balaban J connectivity index is 1.61. The molecular formula is C22H18F2N6O2. The molecule has 162 valence electrons. The number of hydrogen-bond acceptors (Lipinski definition) is 6. The van der Waals surface area contributed by atoms with Gasteiger partial charge in [-0.2, -0.15) is 10.4 Å². The van der Waals surface area contributed by atoms with Crippen LogP contribution in [0, 0.1) is 17.1 Å². The zero-order chi connectivity index (χ0) is 22.4. The molecule has 1 aromatic carbocycles. The molecule has 2 N–H and O–H groups in total. The highest BCUT2D eigenvalue weighted by atomic mass is 19.1. The van der Waals surface area contributed by atoms with Crippen LogP contribution in [0.1, 0.15) is 28.0 Å². The van der Waals surface area contributed by atoms with Gasteiger partial charge in [-0.15, -0.1) is 0 Å². The van der Waals surface area contributed by atoms with E-state index in [9.17, 15) is 23.9 Å². The molecule has 10 heteroatoms. The van der Waals surface area contributed by atoms with E-state index in [1.807, 2.05) is 6.07 Å². The maximum atomic E-state index is 14.6. The normalized spacial score (nSPS) is 20.1. The number of carbonyl (C=O) groups excluding carboxylic acids is 1. The second-order valence-electron chi connectivity index (χ2n) is 7.74. The van der Waals surface area contributed by atoms with Crippen LogP contribution in [0.3, 0.4) is 0 Å². The van der Waals surface area contributed by atoms with Crippen LogP contribution < -0.4 is 10.2 Å². The number of amides is 1. The first kappa shape index (κ1) is 20.1. The predicted octanol–water partition coefficient (Wildman–Crippen LogP) is 2.10. The van der Waals surface area contributed by atoms with Gasteiger partial charge in [-0.3, -0.25) is 4.79 Å². The molecule has 0 aliphatic carbocycles. The summed E-state index contributed by atoms with van der Waals surface area (Å²) in [6.45, 7) is 0.686. The van der Waals surface area contributed by atoms with E-state index in [4.69, 9.17) is 0 Å². The van der Waals surface area contributed by atoms with E-state index >= 15 is 0 Å². The molecule has 4 heterocycles. The SMILES string of the molecule is N#Cc1cccc(F)c1-c1cc(-n2ccc(N3CC[C@H](F)[C@H](O)C3)n2)c2c(n1)CNC2=O. The third kappa shape index (κ3) is 3.27. The number of anilines is 1. The Hall–Kier alpha value is -3.84. The van der Waals surface area contributed by atoms with Crippen molar-refractivity contribution in [3.05, 3.63) is 59.2 Å². The number of nitrogens with zero attached hydrogens (tertiary/aromatic N) is 5. The monoisotopic (exact) mass is 436 g/mol. The van der Waals surface area contributed by atoms with Gasteiger partial charge in [-0.25, -0.2) is 18.4 Å². The standard InChI is InChI=1S/C22H18F2N6O2/c23-13-4-6-29(11-18(13)31)19-5-7-30(28-19)17-8-15(27-16-10-26-22(32)21(16)17)20-12(9-25)2-1-3-14(20)24/h1-3,5,7-8,13,18,31H,4,6,10-11H2,(H,26,32)/t13-,18+/m0/s1. The molecule has 0 saturated carbocycles. The summed E-state index contributed by atoms with van der Waals surface area (Å²) in [5, 5.41) is 26.5. The number of pyridine rings is 1. The summed E-state index contributed by atoms with van der Waals surface area (Å²) >= 11 is 0. The lowest BCUT2D eigenvalue weighted by molar-refractivity contribution is 0.0642. The summed E-state index contributed by atoms with van der Waals surface area (Å²) in [4.78, 5) is 18.7. The molecule has 8 nitrogen and oxygen atoms in total. The quantitative estimate of drug-likeness (QED) is 0.651. The average molecular weight is 436 g/mol. The Morgan fingerprint density at radius 3 is 2.91 bits per heavy atom. The number of fused-ring (bicyclic) bond motifs is 1. The second kappa shape index (κ2) is 7.69. The number of nitrogens with one attached hydrogen (secondary N) is 1. The van der Waals surface area contributed by atoms with Gasteiger partial charge in [0, 0.05) is 25.4 Å². The number of aromatic nitrogens is 3. The zero-order valence-corrected chi connectivity index (χ0v) is 16.8. The first-order chi connectivity index (χ1) is 15.5. The lowest BCUT2D eigenvalue weighted by atomic mass is 10.0. The van der Waals surface area contributed by atoms with E-state index in [0.29, 0.717) is 29.3 Å². The van der Waals surface area contributed by atoms with Crippen LogP contribution in [0.2, 0.25) is 0 Å². The smallest absolute Gasteiger partial charge is 0.255 e. The van der Waals surface area contributed by atoms with Gasteiger partial charge < -0.3 is 15.3 Å². The topological polar surface area (TPSA) is 107 Å². The van der Waals surface area contributed by atoms with Crippen molar-refractivity contribution in [2.75, 3.05) is 18.0 Å². The number of alkyl halides is 1. The molecule has 0 radical (unpaired) electrons.